The SMILES string of the molecule is c1ccc(OCC2=NC(c3cncc(-c4ccccc4)c3)CN2)cc1. The van der Waals surface area contributed by atoms with Crippen molar-refractivity contribution in [3.63, 3.8) is 0 Å². The second-order valence-corrected chi connectivity index (χ2v) is 5.95. The summed E-state index contributed by atoms with van der Waals surface area (Å²) >= 11 is 0. The van der Waals surface area contributed by atoms with E-state index in [1.165, 1.54) is 5.56 Å². The first-order valence-electron chi connectivity index (χ1n) is 8.37. The highest BCUT2D eigenvalue weighted by Gasteiger charge is 2.19. The van der Waals surface area contributed by atoms with Gasteiger partial charge in [0.1, 0.15) is 18.2 Å². The number of rotatable bonds is 5. The van der Waals surface area contributed by atoms with Gasteiger partial charge >= 0.3 is 0 Å². The second kappa shape index (κ2) is 7.18. The summed E-state index contributed by atoms with van der Waals surface area (Å²) in [4.78, 5) is 9.14. The number of amidine groups is 1. The predicted molar refractivity (Wildman–Crippen MR) is 99.8 cm³/mol. The van der Waals surface area contributed by atoms with Crippen LogP contribution in [0.15, 0.2) is 84.1 Å². The zero-order valence-corrected chi connectivity index (χ0v) is 13.8. The molecular formula is C21H19N3O. The molecule has 0 spiro atoms. The predicted octanol–water partition coefficient (Wildman–Crippen LogP) is 3.87. The smallest absolute Gasteiger partial charge is 0.145 e. The Kier molecular flexibility index (Phi) is 4.42. The molecule has 0 fully saturated rings. The molecule has 0 radical (unpaired) electrons. The third kappa shape index (κ3) is 3.69. The van der Waals surface area contributed by atoms with Gasteiger partial charge in [0.2, 0.25) is 0 Å². The molecule has 2 heterocycles. The van der Waals surface area contributed by atoms with Crippen molar-refractivity contribution in [2.45, 2.75) is 6.04 Å². The molecule has 0 amide bonds. The molecule has 1 N–H and O–H groups in total. The van der Waals surface area contributed by atoms with Crippen molar-refractivity contribution in [1.82, 2.24) is 10.3 Å². The molecule has 25 heavy (non-hydrogen) atoms. The van der Waals surface area contributed by atoms with Gasteiger partial charge in [-0.05, 0) is 29.3 Å². The summed E-state index contributed by atoms with van der Waals surface area (Å²) in [7, 11) is 0. The van der Waals surface area contributed by atoms with E-state index >= 15 is 0 Å². The Morgan fingerprint density at radius 2 is 1.68 bits per heavy atom. The van der Waals surface area contributed by atoms with Crippen molar-refractivity contribution in [1.29, 1.82) is 0 Å². The van der Waals surface area contributed by atoms with Crippen LogP contribution in [0.3, 0.4) is 0 Å². The van der Waals surface area contributed by atoms with E-state index in [2.05, 4.69) is 28.5 Å². The van der Waals surface area contributed by atoms with E-state index in [0.717, 1.165) is 29.3 Å². The number of aliphatic imine (C=N–C) groups is 1. The van der Waals surface area contributed by atoms with Crippen LogP contribution in [-0.2, 0) is 0 Å². The summed E-state index contributed by atoms with van der Waals surface area (Å²) < 4.78 is 5.76. The van der Waals surface area contributed by atoms with Crippen LogP contribution in [0.1, 0.15) is 11.6 Å². The zero-order chi connectivity index (χ0) is 16.9. The second-order valence-electron chi connectivity index (χ2n) is 5.95. The van der Waals surface area contributed by atoms with Crippen LogP contribution >= 0.6 is 0 Å². The first-order valence-corrected chi connectivity index (χ1v) is 8.37. The van der Waals surface area contributed by atoms with E-state index in [1.807, 2.05) is 60.9 Å². The minimum absolute atomic E-state index is 0.0746. The highest BCUT2D eigenvalue weighted by molar-refractivity contribution is 5.85. The summed E-state index contributed by atoms with van der Waals surface area (Å²) in [6, 6.07) is 22.3. The maximum absolute atomic E-state index is 5.76. The largest absolute Gasteiger partial charge is 0.486 e. The van der Waals surface area contributed by atoms with Gasteiger partial charge in [-0.2, -0.15) is 0 Å². The fraction of sp³-hybridized carbons (Fsp3) is 0.143. The highest BCUT2D eigenvalue weighted by Crippen LogP contribution is 2.25. The molecule has 1 aliphatic heterocycles. The molecule has 4 nitrogen and oxygen atoms in total. The fourth-order valence-electron chi connectivity index (χ4n) is 2.87. The van der Waals surface area contributed by atoms with Crippen LogP contribution in [0.25, 0.3) is 11.1 Å². The highest BCUT2D eigenvalue weighted by atomic mass is 16.5. The average molecular weight is 329 g/mol. The minimum Gasteiger partial charge on any atom is -0.486 e. The number of ether oxygens (including phenoxy) is 1. The molecular weight excluding hydrogens is 310 g/mol. The van der Waals surface area contributed by atoms with Crippen LogP contribution in [-0.4, -0.2) is 24.0 Å². The van der Waals surface area contributed by atoms with E-state index in [4.69, 9.17) is 9.73 Å². The number of para-hydroxylation sites is 1. The number of hydrogen-bond donors (Lipinski definition) is 1. The number of hydrogen-bond acceptors (Lipinski definition) is 4. The molecule has 1 aliphatic rings. The molecule has 3 aromatic rings. The molecule has 4 heteroatoms. The third-order valence-electron chi connectivity index (χ3n) is 4.18. The summed E-state index contributed by atoms with van der Waals surface area (Å²) in [5.74, 6) is 1.72. The van der Waals surface area contributed by atoms with Gasteiger partial charge in [0.15, 0.2) is 0 Å². The zero-order valence-electron chi connectivity index (χ0n) is 13.8. The van der Waals surface area contributed by atoms with Crippen molar-refractivity contribution in [2.24, 2.45) is 4.99 Å². The topological polar surface area (TPSA) is 46.5 Å². The summed E-state index contributed by atoms with van der Waals surface area (Å²) in [6.07, 6.45) is 3.79. The van der Waals surface area contributed by atoms with Gasteiger partial charge in [-0.1, -0.05) is 48.5 Å². The van der Waals surface area contributed by atoms with Gasteiger partial charge in [0.05, 0.1) is 6.04 Å². The molecule has 0 saturated carbocycles. The van der Waals surface area contributed by atoms with Crippen LogP contribution < -0.4 is 10.1 Å². The van der Waals surface area contributed by atoms with Crippen LogP contribution in [0, 0.1) is 0 Å². The molecule has 0 aliphatic carbocycles. The maximum atomic E-state index is 5.76. The van der Waals surface area contributed by atoms with E-state index < -0.39 is 0 Å². The average Bonchev–Trinajstić information content (AvgIpc) is 3.17. The molecule has 0 bridgehead atoms. The van der Waals surface area contributed by atoms with E-state index in [-0.39, 0.29) is 6.04 Å². The lowest BCUT2D eigenvalue weighted by Crippen LogP contribution is -2.25. The Morgan fingerprint density at radius 1 is 0.920 bits per heavy atom. The van der Waals surface area contributed by atoms with Gasteiger partial charge < -0.3 is 10.1 Å². The van der Waals surface area contributed by atoms with Crippen molar-refractivity contribution in [3.05, 3.63) is 84.7 Å². The van der Waals surface area contributed by atoms with Gasteiger partial charge in [-0.15, -0.1) is 0 Å². The Bertz CT molecular complexity index is 863. The normalized spacial score (nSPS) is 16.2. The Morgan fingerprint density at radius 3 is 2.48 bits per heavy atom. The quantitative estimate of drug-likeness (QED) is 0.773. The van der Waals surface area contributed by atoms with E-state index in [9.17, 15) is 0 Å². The van der Waals surface area contributed by atoms with Crippen LogP contribution in [0.2, 0.25) is 0 Å². The van der Waals surface area contributed by atoms with Gasteiger partial charge in [-0.3, -0.25) is 9.98 Å². The van der Waals surface area contributed by atoms with Crippen molar-refractivity contribution < 1.29 is 4.74 Å². The first kappa shape index (κ1) is 15.4. The number of aromatic nitrogens is 1. The van der Waals surface area contributed by atoms with Crippen LogP contribution in [0.5, 0.6) is 5.75 Å². The molecule has 1 aromatic heterocycles. The molecule has 2 aromatic carbocycles. The first-order chi connectivity index (χ1) is 12.4. The summed E-state index contributed by atoms with van der Waals surface area (Å²) in [6.45, 7) is 1.22. The van der Waals surface area contributed by atoms with Crippen molar-refractivity contribution >= 4 is 5.84 Å². The van der Waals surface area contributed by atoms with Crippen LogP contribution in [0.4, 0.5) is 0 Å². The lowest BCUT2D eigenvalue weighted by molar-refractivity contribution is 0.373. The minimum atomic E-state index is 0.0746. The standard InChI is InChI=1S/C21H19N3O/c1-3-7-16(8-4-1)17-11-18(13-22-12-17)20-14-23-21(24-20)15-25-19-9-5-2-6-10-19/h1-13,20H,14-15H2,(H,23,24). The van der Waals surface area contributed by atoms with Gasteiger partial charge in [0, 0.05) is 24.5 Å². The third-order valence-corrected chi connectivity index (χ3v) is 4.18. The molecule has 0 saturated heterocycles. The summed E-state index contributed by atoms with van der Waals surface area (Å²) in [5.41, 5.74) is 3.39. The van der Waals surface area contributed by atoms with E-state index in [0.29, 0.717) is 6.61 Å². The fourth-order valence-corrected chi connectivity index (χ4v) is 2.87. The van der Waals surface area contributed by atoms with Crippen molar-refractivity contribution in [3.8, 4) is 16.9 Å². The molecule has 1 unspecified atom stereocenters. The Balaban J connectivity index is 1.47. The molecule has 124 valence electrons. The van der Waals surface area contributed by atoms with Gasteiger partial charge in [0.25, 0.3) is 0 Å². The monoisotopic (exact) mass is 329 g/mol. The number of nitrogens with one attached hydrogen (secondary N) is 1. The number of benzene rings is 2. The van der Waals surface area contributed by atoms with Gasteiger partial charge in [-0.25, -0.2) is 0 Å². The Labute approximate surface area is 147 Å². The molecule has 4 rings (SSSR count). The molecule has 1 atom stereocenters. The van der Waals surface area contributed by atoms with Crippen molar-refractivity contribution in [2.75, 3.05) is 13.2 Å². The number of pyridine rings is 1. The number of nitrogens with zero attached hydrogens (tertiary/aromatic N) is 2. The lowest BCUT2D eigenvalue weighted by atomic mass is 10.0. The Hall–Kier alpha value is -3.14. The summed E-state index contributed by atoms with van der Waals surface area (Å²) in [5, 5.41) is 3.33. The van der Waals surface area contributed by atoms with E-state index in [1.54, 1.807) is 0 Å². The lowest BCUT2D eigenvalue weighted by Gasteiger charge is -2.08. The maximum Gasteiger partial charge on any atom is 0.145 e.